The fourth-order valence-electron chi connectivity index (χ4n) is 2.66. The summed E-state index contributed by atoms with van der Waals surface area (Å²) in [4.78, 5) is 16.9. The molecule has 0 bridgehead atoms. The van der Waals surface area contributed by atoms with Gasteiger partial charge in [-0.2, -0.15) is 5.10 Å². The van der Waals surface area contributed by atoms with E-state index in [2.05, 4.69) is 23.8 Å². The second kappa shape index (κ2) is 7.84. The van der Waals surface area contributed by atoms with Gasteiger partial charge in [0.15, 0.2) is 0 Å². The van der Waals surface area contributed by atoms with Crippen molar-refractivity contribution in [3.8, 4) is 0 Å². The highest BCUT2D eigenvalue weighted by Crippen LogP contribution is 2.27. The van der Waals surface area contributed by atoms with Crippen molar-refractivity contribution in [3.63, 3.8) is 0 Å². The first kappa shape index (κ1) is 16.4. The molecule has 6 heteroatoms. The number of carbonyl (C=O) groups excluding carboxylic acids is 1. The fraction of sp³-hybridized carbons (Fsp3) is 0.733. The van der Waals surface area contributed by atoms with Crippen LogP contribution < -0.4 is 4.90 Å². The Morgan fingerprint density at radius 1 is 1.43 bits per heavy atom. The summed E-state index contributed by atoms with van der Waals surface area (Å²) in [5.41, 5.74) is 0.927. The molecule has 1 saturated heterocycles. The van der Waals surface area contributed by atoms with E-state index in [1.54, 1.807) is 10.9 Å². The van der Waals surface area contributed by atoms with Crippen LogP contribution in [0.5, 0.6) is 0 Å². The van der Waals surface area contributed by atoms with Gasteiger partial charge in [0.1, 0.15) is 0 Å². The second-order valence-electron chi connectivity index (χ2n) is 5.39. The zero-order valence-electron chi connectivity index (χ0n) is 13.3. The Kier molecular flexibility index (Phi) is 6.11. The van der Waals surface area contributed by atoms with Gasteiger partial charge >= 0.3 is 0 Å². The highest BCUT2D eigenvalue weighted by Gasteiger charge is 2.30. The van der Waals surface area contributed by atoms with Gasteiger partial charge in [0.2, 0.25) is 5.91 Å². The summed E-state index contributed by atoms with van der Waals surface area (Å²) in [6.07, 6.45) is 5.77. The van der Waals surface area contributed by atoms with Gasteiger partial charge in [-0.3, -0.25) is 9.48 Å². The van der Waals surface area contributed by atoms with Crippen molar-refractivity contribution in [2.24, 2.45) is 7.05 Å². The third-order valence-corrected chi connectivity index (χ3v) is 5.27. The first-order valence-corrected chi connectivity index (χ1v) is 8.84. The molecule has 0 saturated carbocycles. The summed E-state index contributed by atoms with van der Waals surface area (Å²) in [5, 5.41) is 4.27. The van der Waals surface area contributed by atoms with Crippen LogP contribution in [0.3, 0.4) is 0 Å². The number of aryl methyl sites for hydroxylation is 1. The number of carbonyl (C=O) groups is 1. The summed E-state index contributed by atoms with van der Waals surface area (Å²) >= 11 is 1.81. The van der Waals surface area contributed by atoms with Gasteiger partial charge in [0.05, 0.1) is 17.1 Å². The Bertz CT molecular complexity index is 458. The Labute approximate surface area is 131 Å². The van der Waals surface area contributed by atoms with E-state index in [9.17, 15) is 4.79 Å². The maximum absolute atomic E-state index is 12.6. The quantitative estimate of drug-likeness (QED) is 0.772. The Hall–Kier alpha value is -1.01. The predicted octanol–water partition coefficient (Wildman–Crippen LogP) is 1.99. The van der Waals surface area contributed by atoms with Crippen molar-refractivity contribution in [2.45, 2.75) is 31.9 Å². The van der Waals surface area contributed by atoms with Gasteiger partial charge in [-0.05, 0) is 25.9 Å². The monoisotopic (exact) mass is 310 g/mol. The lowest BCUT2D eigenvalue weighted by Gasteiger charge is -2.31. The van der Waals surface area contributed by atoms with Crippen LogP contribution in [-0.2, 0) is 11.8 Å². The minimum atomic E-state index is 0.106. The summed E-state index contributed by atoms with van der Waals surface area (Å²) in [5.74, 6) is 1.28. The topological polar surface area (TPSA) is 41.4 Å². The van der Waals surface area contributed by atoms with Crippen molar-refractivity contribution >= 4 is 23.4 Å². The number of piperidine rings is 1. The van der Waals surface area contributed by atoms with Gasteiger partial charge < -0.3 is 9.80 Å². The number of anilines is 1. The lowest BCUT2D eigenvalue weighted by Crippen LogP contribution is -2.43. The number of thioether (sulfide) groups is 1. The molecule has 1 aliphatic heterocycles. The van der Waals surface area contributed by atoms with Gasteiger partial charge in [-0.1, -0.05) is 13.8 Å². The van der Waals surface area contributed by atoms with Gasteiger partial charge in [-0.15, -0.1) is 11.8 Å². The third-order valence-electron chi connectivity index (χ3n) is 4.01. The molecule has 1 amide bonds. The van der Waals surface area contributed by atoms with Crippen LogP contribution in [0.15, 0.2) is 12.4 Å². The zero-order chi connectivity index (χ0) is 15.2. The van der Waals surface area contributed by atoms with E-state index in [4.69, 9.17) is 0 Å². The molecule has 0 aliphatic carbocycles. The summed E-state index contributed by atoms with van der Waals surface area (Å²) in [7, 11) is 1.88. The van der Waals surface area contributed by atoms with Crippen LogP contribution in [0.4, 0.5) is 5.69 Å². The van der Waals surface area contributed by atoms with Crippen LogP contribution in [-0.4, -0.2) is 57.8 Å². The molecular weight excluding hydrogens is 284 g/mol. The molecule has 0 spiro atoms. The molecule has 0 aromatic carbocycles. The maximum Gasteiger partial charge on any atom is 0.240 e. The van der Waals surface area contributed by atoms with Crippen molar-refractivity contribution in [1.29, 1.82) is 0 Å². The number of amides is 1. The average molecular weight is 310 g/mol. The Morgan fingerprint density at radius 3 is 2.81 bits per heavy atom. The molecule has 21 heavy (non-hydrogen) atoms. The molecule has 0 N–H and O–H groups in total. The maximum atomic E-state index is 12.6. The highest BCUT2D eigenvalue weighted by molar-refractivity contribution is 8.00. The van der Waals surface area contributed by atoms with Crippen molar-refractivity contribution in [2.75, 3.05) is 36.8 Å². The first-order chi connectivity index (χ1) is 10.2. The van der Waals surface area contributed by atoms with Crippen LogP contribution >= 0.6 is 11.8 Å². The molecule has 1 aromatic heterocycles. The molecular formula is C15H26N4OS. The van der Waals surface area contributed by atoms with E-state index >= 15 is 0 Å². The molecule has 118 valence electrons. The predicted molar refractivity (Wildman–Crippen MR) is 88.8 cm³/mol. The van der Waals surface area contributed by atoms with Gasteiger partial charge in [0.25, 0.3) is 0 Å². The summed E-state index contributed by atoms with van der Waals surface area (Å²) in [6, 6.07) is 0. The summed E-state index contributed by atoms with van der Waals surface area (Å²) < 4.78 is 1.75. The first-order valence-electron chi connectivity index (χ1n) is 7.79. The largest absolute Gasteiger partial charge is 0.309 e. The standard InChI is InChI=1S/C15H26N4OS/c1-4-18(5-2)9-10-21-14-7-6-8-19(15(14)20)13-11-16-17(3)12-13/h11-12,14H,4-10H2,1-3H3/t14-/m0/s1. The smallest absolute Gasteiger partial charge is 0.240 e. The SMILES string of the molecule is CCN(CC)CCS[C@H]1CCCN(c2cnn(C)c2)C1=O. The van der Waals surface area contributed by atoms with E-state index in [1.165, 1.54) is 0 Å². The molecule has 1 aromatic rings. The molecule has 5 nitrogen and oxygen atoms in total. The van der Waals surface area contributed by atoms with E-state index in [-0.39, 0.29) is 11.2 Å². The number of nitrogens with zero attached hydrogens (tertiary/aromatic N) is 4. The van der Waals surface area contributed by atoms with E-state index in [1.807, 2.05) is 29.9 Å². The van der Waals surface area contributed by atoms with E-state index in [0.717, 1.165) is 50.5 Å². The van der Waals surface area contributed by atoms with Crippen molar-refractivity contribution < 1.29 is 4.79 Å². The van der Waals surface area contributed by atoms with Crippen molar-refractivity contribution in [1.82, 2.24) is 14.7 Å². The van der Waals surface area contributed by atoms with Crippen LogP contribution in [0, 0.1) is 0 Å². The lowest BCUT2D eigenvalue weighted by atomic mass is 10.1. The molecule has 1 aliphatic rings. The minimum Gasteiger partial charge on any atom is -0.309 e. The van der Waals surface area contributed by atoms with Crippen LogP contribution in [0.25, 0.3) is 0 Å². The molecule has 1 atom stereocenters. The average Bonchev–Trinajstić information content (AvgIpc) is 2.91. The zero-order valence-corrected chi connectivity index (χ0v) is 14.1. The summed E-state index contributed by atoms with van der Waals surface area (Å²) in [6.45, 7) is 8.41. The Morgan fingerprint density at radius 2 is 2.19 bits per heavy atom. The molecule has 1 fully saturated rings. The van der Waals surface area contributed by atoms with Gasteiger partial charge in [-0.25, -0.2) is 0 Å². The number of hydrogen-bond acceptors (Lipinski definition) is 4. The molecule has 0 radical (unpaired) electrons. The van der Waals surface area contributed by atoms with E-state index in [0.29, 0.717) is 0 Å². The van der Waals surface area contributed by atoms with E-state index < -0.39 is 0 Å². The van der Waals surface area contributed by atoms with Crippen LogP contribution in [0.1, 0.15) is 26.7 Å². The molecule has 2 heterocycles. The fourth-order valence-corrected chi connectivity index (χ4v) is 3.92. The number of rotatable bonds is 7. The minimum absolute atomic E-state index is 0.106. The molecule has 2 rings (SSSR count). The highest BCUT2D eigenvalue weighted by atomic mass is 32.2. The second-order valence-corrected chi connectivity index (χ2v) is 6.70. The molecule has 0 unspecified atom stereocenters. The van der Waals surface area contributed by atoms with Crippen molar-refractivity contribution in [3.05, 3.63) is 12.4 Å². The van der Waals surface area contributed by atoms with Crippen LogP contribution in [0.2, 0.25) is 0 Å². The lowest BCUT2D eigenvalue weighted by molar-refractivity contribution is -0.119. The normalized spacial score (nSPS) is 19.5. The Balaban J connectivity index is 1.88. The third kappa shape index (κ3) is 4.23. The number of hydrogen-bond donors (Lipinski definition) is 0. The van der Waals surface area contributed by atoms with Gasteiger partial charge in [0, 0.05) is 32.1 Å². The number of aromatic nitrogens is 2.